The van der Waals surface area contributed by atoms with Gasteiger partial charge in [0.2, 0.25) is 5.88 Å². The summed E-state index contributed by atoms with van der Waals surface area (Å²) in [5.74, 6) is -0.732. The second-order valence-electron chi connectivity index (χ2n) is 4.02. The molecule has 1 heterocycles. The summed E-state index contributed by atoms with van der Waals surface area (Å²) in [6, 6.07) is 2.23. The number of halogens is 6. The number of hydrogen-bond donors (Lipinski definition) is 1. The lowest BCUT2D eigenvalue weighted by molar-refractivity contribution is -0.300. The van der Waals surface area contributed by atoms with E-state index in [0.717, 1.165) is 12.3 Å². The van der Waals surface area contributed by atoms with Gasteiger partial charge in [0.05, 0.1) is 0 Å². The van der Waals surface area contributed by atoms with E-state index >= 15 is 0 Å². The summed E-state index contributed by atoms with van der Waals surface area (Å²) in [6.07, 6.45) is -13.9. The number of alkyl halides is 6. The molecule has 1 N–H and O–H groups in total. The molecule has 1 aromatic heterocycles. The highest BCUT2D eigenvalue weighted by Crippen LogP contribution is 2.36. The van der Waals surface area contributed by atoms with Gasteiger partial charge in [0.1, 0.15) is 0 Å². The zero-order valence-corrected chi connectivity index (χ0v) is 10.5. The van der Waals surface area contributed by atoms with Gasteiger partial charge >= 0.3 is 12.4 Å². The van der Waals surface area contributed by atoms with E-state index in [4.69, 9.17) is 0 Å². The van der Waals surface area contributed by atoms with Crippen molar-refractivity contribution in [2.75, 3.05) is 7.05 Å². The monoisotopic (exact) mass is 302 g/mol. The third-order valence-electron chi connectivity index (χ3n) is 2.53. The average molecular weight is 302 g/mol. The Hall–Kier alpha value is -1.51. The van der Waals surface area contributed by atoms with E-state index in [-0.39, 0.29) is 6.04 Å². The quantitative estimate of drug-likeness (QED) is 0.867. The molecule has 0 spiro atoms. The van der Waals surface area contributed by atoms with E-state index in [1.807, 2.05) is 0 Å². The van der Waals surface area contributed by atoms with Gasteiger partial charge in [0.15, 0.2) is 0 Å². The molecule has 3 nitrogen and oxygen atoms in total. The molecule has 1 unspecified atom stereocenters. The molecule has 0 saturated carbocycles. The number of nitrogens with one attached hydrogen (secondary N) is 1. The maximum Gasteiger partial charge on any atom is 0.434 e. The third kappa shape index (κ3) is 4.26. The van der Waals surface area contributed by atoms with Gasteiger partial charge in [-0.2, -0.15) is 26.3 Å². The van der Waals surface area contributed by atoms with E-state index in [9.17, 15) is 26.3 Å². The molecular weight excluding hydrogens is 290 g/mol. The molecule has 0 aromatic carbocycles. The van der Waals surface area contributed by atoms with Gasteiger partial charge < -0.3 is 10.1 Å². The number of rotatable bonds is 4. The Labute approximate surface area is 110 Å². The van der Waals surface area contributed by atoms with Crippen molar-refractivity contribution in [2.24, 2.45) is 0 Å². The number of nitrogens with zero attached hydrogens (tertiary/aromatic N) is 1. The van der Waals surface area contributed by atoms with E-state index in [1.54, 1.807) is 14.0 Å². The van der Waals surface area contributed by atoms with Crippen molar-refractivity contribution in [3.63, 3.8) is 0 Å². The first kappa shape index (κ1) is 16.5. The van der Waals surface area contributed by atoms with Crippen LogP contribution in [0.1, 0.15) is 18.5 Å². The standard InChI is InChI=1S/C11H12F6N2O/c1-6(18-2)7-3-4-19-8(5-7)20-9(10(12,13)14)11(15,16)17/h3-6,9,18H,1-2H3. The topological polar surface area (TPSA) is 34.2 Å². The zero-order chi connectivity index (χ0) is 15.6. The predicted molar refractivity (Wildman–Crippen MR) is 58.2 cm³/mol. The van der Waals surface area contributed by atoms with Crippen molar-refractivity contribution in [3.05, 3.63) is 23.9 Å². The first-order valence-electron chi connectivity index (χ1n) is 5.49. The molecule has 1 aromatic rings. The van der Waals surface area contributed by atoms with Gasteiger partial charge in [-0.05, 0) is 25.6 Å². The summed E-state index contributed by atoms with van der Waals surface area (Å²) in [5.41, 5.74) is 0.459. The highest BCUT2D eigenvalue weighted by atomic mass is 19.4. The summed E-state index contributed by atoms with van der Waals surface area (Å²) >= 11 is 0. The molecule has 114 valence electrons. The number of aromatic nitrogens is 1. The first-order valence-corrected chi connectivity index (χ1v) is 5.49. The number of pyridine rings is 1. The Balaban J connectivity index is 3.01. The molecule has 1 atom stereocenters. The molecule has 0 radical (unpaired) electrons. The van der Waals surface area contributed by atoms with Crippen LogP contribution in [0.5, 0.6) is 5.88 Å². The van der Waals surface area contributed by atoms with Gasteiger partial charge in [-0.1, -0.05) is 0 Å². The van der Waals surface area contributed by atoms with E-state index in [2.05, 4.69) is 15.0 Å². The van der Waals surface area contributed by atoms with Crippen molar-refractivity contribution >= 4 is 0 Å². The lowest BCUT2D eigenvalue weighted by Crippen LogP contribution is -2.46. The largest absolute Gasteiger partial charge is 0.455 e. The minimum atomic E-state index is -5.56. The van der Waals surface area contributed by atoms with Crippen molar-refractivity contribution in [2.45, 2.75) is 31.4 Å². The van der Waals surface area contributed by atoms with E-state index in [0.29, 0.717) is 5.56 Å². The maximum atomic E-state index is 12.3. The minimum absolute atomic E-state index is 0.268. The Kier molecular flexibility index (Phi) is 4.85. The molecule has 20 heavy (non-hydrogen) atoms. The van der Waals surface area contributed by atoms with Crippen molar-refractivity contribution < 1.29 is 31.1 Å². The molecule has 1 rings (SSSR count). The molecular formula is C11H12F6N2O. The van der Waals surface area contributed by atoms with Crippen LogP contribution in [-0.2, 0) is 0 Å². The first-order chi connectivity index (χ1) is 9.05. The van der Waals surface area contributed by atoms with E-state index < -0.39 is 24.3 Å². The summed E-state index contributed by atoms with van der Waals surface area (Å²) in [7, 11) is 1.60. The van der Waals surface area contributed by atoms with Crippen LogP contribution in [-0.4, -0.2) is 30.5 Å². The summed E-state index contributed by atoms with van der Waals surface area (Å²) in [4.78, 5) is 3.37. The third-order valence-corrected chi connectivity index (χ3v) is 2.53. The van der Waals surface area contributed by atoms with Gasteiger partial charge in [0.25, 0.3) is 6.10 Å². The van der Waals surface area contributed by atoms with Crippen molar-refractivity contribution in [3.8, 4) is 5.88 Å². The lowest BCUT2D eigenvalue weighted by atomic mass is 10.1. The van der Waals surface area contributed by atoms with Gasteiger partial charge in [0, 0.05) is 18.3 Å². The van der Waals surface area contributed by atoms with Crippen LogP contribution in [0.4, 0.5) is 26.3 Å². The molecule has 9 heteroatoms. The van der Waals surface area contributed by atoms with Gasteiger partial charge in [-0.3, -0.25) is 0 Å². The second kappa shape index (κ2) is 5.86. The summed E-state index contributed by atoms with van der Waals surface area (Å²) in [6.45, 7) is 1.68. The smallest absolute Gasteiger partial charge is 0.434 e. The normalized spacial score (nSPS) is 14.4. The molecule has 0 aliphatic rings. The Morgan fingerprint density at radius 1 is 1.15 bits per heavy atom. The maximum absolute atomic E-state index is 12.3. The fourth-order valence-electron chi connectivity index (χ4n) is 1.37. The van der Waals surface area contributed by atoms with Crippen LogP contribution in [0.3, 0.4) is 0 Å². The minimum Gasteiger partial charge on any atom is -0.455 e. The Bertz CT molecular complexity index is 431. The Morgan fingerprint density at radius 3 is 2.15 bits per heavy atom. The van der Waals surface area contributed by atoms with Crippen LogP contribution in [0.2, 0.25) is 0 Å². The van der Waals surface area contributed by atoms with Crippen molar-refractivity contribution in [1.82, 2.24) is 10.3 Å². The molecule has 0 aliphatic heterocycles. The van der Waals surface area contributed by atoms with Crippen LogP contribution in [0.25, 0.3) is 0 Å². The highest BCUT2D eigenvalue weighted by molar-refractivity contribution is 5.23. The average Bonchev–Trinajstić information content (AvgIpc) is 2.32. The molecule has 0 amide bonds. The zero-order valence-electron chi connectivity index (χ0n) is 10.5. The highest BCUT2D eigenvalue weighted by Gasteiger charge is 2.59. The second-order valence-corrected chi connectivity index (χ2v) is 4.02. The predicted octanol–water partition coefficient (Wildman–Crippen LogP) is 3.23. The van der Waals surface area contributed by atoms with Crippen LogP contribution in [0, 0.1) is 0 Å². The summed E-state index contributed by atoms with van der Waals surface area (Å²) in [5, 5.41) is 2.79. The lowest BCUT2D eigenvalue weighted by Gasteiger charge is -2.23. The molecule has 0 fully saturated rings. The fourth-order valence-corrected chi connectivity index (χ4v) is 1.37. The van der Waals surface area contributed by atoms with Gasteiger partial charge in [-0.25, -0.2) is 4.98 Å². The number of hydrogen-bond acceptors (Lipinski definition) is 3. The Morgan fingerprint density at radius 2 is 1.70 bits per heavy atom. The summed E-state index contributed by atoms with van der Waals surface area (Å²) < 4.78 is 78.0. The van der Waals surface area contributed by atoms with Gasteiger partial charge in [-0.15, -0.1) is 0 Å². The van der Waals surface area contributed by atoms with E-state index in [1.165, 1.54) is 6.07 Å². The fraction of sp³-hybridized carbons (Fsp3) is 0.545. The molecule has 0 aliphatic carbocycles. The SMILES string of the molecule is CNC(C)c1ccnc(OC(C(F)(F)F)C(F)(F)F)c1. The number of ether oxygens (including phenoxy) is 1. The van der Waals surface area contributed by atoms with Crippen LogP contribution in [0.15, 0.2) is 18.3 Å². The van der Waals surface area contributed by atoms with Crippen molar-refractivity contribution in [1.29, 1.82) is 0 Å². The molecule has 0 saturated heterocycles. The van der Waals surface area contributed by atoms with Crippen LogP contribution < -0.4 is 10.1 Å². The molecule has 0 bridgehead atoms. The van der Waals surface area contributed by atoms with Crippen LogP contribution >= 0.6 is 0 Å².